The smallest absolute Gasteiger partial charge is 0.361 e. The third-order valence-electron chi connectivity index (χ3n) is 2.92. The fourth-order valence-electron chi connectivity index (χ4n) is 2.06. The topological polar surface area (TPSA) is 68.4 Å². The number of H-pyrrole nitrogens is 1. The number of carbonyl (C=O) groups excluding carboxylic acids is 1. The first-order valence-electron chi connectivity index (χ1n) is 6.58. The summed E-state index contributed by atoms with van der Waals surface area (Å²) in [6.45, 7) is 3.73. The molecule has 0 spiro atoms. The van der Waals surface area contributed by atoms with Crippen LogP contribution in [0.1, 0.15) is 19.4 Å². The summed E-state index contributed by atoms with van der Waals surface area (Å²) in [5, 5.41) is 0.945. The third-order valence-corrected chi connectivity index (χ3v) is 4.89. The predicted octanol–water partition coefficient (Wildman–Crippen LogP) is 3.50. The average Bonchev–Trinajstić information content (AvgIpc) is 2.83. The summed E-state index contributed by atoms with van der Waals surface area (Å²) < 4.78 is 22.5. The van der Waals surface area contributed by atoms with E-state index in [0.717, 1.165) is 16.5 Å². The zero-order valence-electron chi connectivity index (χ0n) is 11.6. The summed E-state index contributed by atoms with van der Waals surface area (Å²) in [5.41, 5.74) is 1.23. The van der Waals surface area contributed by atoms with E-state index in [4.69, 9.17) is 9.05 Å². The highest BCUT2D eigenvalue weighted by Gasteiger charge is 2.34. The summed E-state index contributed by atoms with van der Waals surface area (Å²) in [7, 11) is -3.68. The zero-order valence-corrected chi connectivity index (χ0v) is 12.5. The Labute approximate surface area is 117 Å². The SMILES string of the molecule is CCOP(=O)(OCC)C(=O)Cc1c[nH]c2ccccc12. The molecule has 1 aromatic heterocycles. The summed E-state index contributed by atoms with van der Waals surface area (Å²) in [5.74, 6) is 0. The minimum atomic E-state index is -3.68. The highest BCUT2D eigenvalue weighted by molar-refractivity contribution is 7.71. The van der Waals surface area contributed by atoms with Gasteiger partial charge in [0.1, 0.15) is 0 Å². The first kappa shape index (κ1) is 15.0. The number of hydrogen-bond acceptors (Lipinski definition) is 4. The van der Waals surface area contributed by atoms with Gasteiger partial charge < -0.3 is 14.0 Å². The molecule has 6 heteroatoms. The maximum absolute atomic E-state index is 12.4. The highest BCUT2D eigenvalue weighted by Crippen LogP contribution is 2.49. The van der Waals surface area contributed by atoms with E-state index in [9.17, 15) is 9.36 Å². The maximum Gasteiger partial charge on any atom is 0.397 e. The first-order chi connectivity index (χ1) is 9.60. The molecule has 0 aliphatic carbocycles. The van der Waals surface area contributed by atoms with Crippen LogP contribution in [0.2, 0.25) is 0 Å². The molecule has 108 valence electrons. The molecule has 2 aromatic rings. The Morgan fingerprint density at radius 2 is 1.85 bits per heavy atom. The van der Waals surface area contributed by atoms with Gasteiger partial charge in [-0.3, -0.25) is 9.36 Å². The number of fused-ring (bicyclic) bond motifs is 1. The third kappa shape index (κ3) is 3.01. The van der Waals surface area contributed by atoms with E-state index < -0.39 is 13.1 Å². The van der Waals surface area contributed by atoms with Gasteiger partial charge in [-0.05, 0) is 25.5 Å². The second-order valence-corrected chi connectivity index (χ2v) is 6.27. The molecule has 1 heterocycles. The minimum absolute atomic E-state index is 0.0291. The lowest BCUT2D eigenvalue weighted by Crippen LogP contribution is -2.09. The summed E-state index contributed by atoms with van der Waals surface area (Å²) in [6.07, 6.45) is 1.78. The number of aromatic nitrogens is 1. The Kier molecular flexibility index (Phi) is 4.76. The van der Waals surface area contributed by atoms with Gasteiger partial charge in [-0.25, -0.2) is 0 Å². The molecule has 0 aliphatic heterocycles. The van der Waals surface area contributed by atoms with Crippen LogP contribution in [0.15, 0.2) is 30.5 Å². The number of benzene rings is 1. The molecule has 0 atom stereocenters. The normalized spacial score (nSPS) is 11.9. The van der Waals surface area contributed by atoms with E-state index >= 15 is 0 Å². The molecule has 0 aliphatic rings. The van der Waals surface area contributed by atoms with Gasteiger partial charge in [0, 0.05) is 23.5 Å². The molecule has 0 saturated heterocycles. The Morgan fingerprint density at radius 3 is 2.50 bits per heavy atom. The number of para-hydroxylation sites is 1. The van der Waals surface area contributed by atoms with E-state index in [-0.39, 0.29) is 19.6 Å². The summed E-state index contributed by atoms with van der Waals surface area (Å²) in [4.78, 5) is 15.3. The van der Waals surface area contributed by atoms with Gasteiger partial charge in [0.25, 0.3) is 0 Å². The Bertz CT molecular complexity index is 639. The van der Waals surface area contributed by atoms with Crippen molar-refractivity contribution in [2.45, 2.75) is 20.3 Å². The first-order valence-corrected chi connectivity index (χ1v) is 8.12. The van der Waals surface area contributed by atoms with Crippen LogP contribution in [0.5, 0.6) is 0 Å². The highest BCUT2D eigenvalue weighted by atomic mass is 31.2. The van der Waals surface area contributed by atoms with Gasteiger partial charge in [-0.15, -0.1) is 0 Å². The second kappa shape index (κ2) is 6.35. The van der Waals surface area contributed by atoms with E-state index in [0.29, 0.717) is 0 Å². The molecule has 0 bridgehead atoms. The molecule has 20 heavy (non-hydrogen) atoms. The van der Waals surface area contributed by atoms with Crippen LogP contribution >= 0.6 is 7.60 Å². The van der Waals surface area contributed by atoms with Crippen LogP contribution in [0, 0.1) is 0 Å². The maximum atomic E-state index is 12.4. The quantitative estimate of drug-likeness (QED) is 0.794. The van der Waals surface area contributed by atoms with Gasteiger partial charge in [0.05, 0.1) is 13.2 Å². The van der Waals surface area contributed by atoms with E-state index in [1.54, 1.807) is 20.0 Å². The van der Waals surface area contributed by atoms with Crippen molar-refractivity contribution in [3.63, 3.8) is 0 Å². The predicted molar refractivity (Wildman–Crippen MR) is 77.9 cm³/mol. The Hall–Kier alpha value is -1.42. The monoisotopic (exact) mass is 295 g/mol. The molecule has 0 saturated carbocycles. The lowest BCUT2D eigenvalue weighted by Gasteiger charge is -2.15. The second-order valence-electron chi connectivity index (χ2n) is 4.26. The van der Waals surface area contributed by atoms with Gasteiger partial charge in [0.15, 0.2) is 0 Å². The van der Waals surface area contributed by atoms with Gasteiger partial charge in [-0.1, -0.05) is 18.2 Å². The molecule has 0 amide bonds. The van der Waals surface area contributed by atoms with Crippen molar-refractivity contribution in [1.82, 2.24) is 4.98 Å². The van der Waals surface area contributed by atoms with E-state index in [1.807, 2.05) is 24.3 Å². The van der Waals surface area contributed by atoms with Crippen LogP contribution in [0.3, 0.4) is 0 Å². The van der Waals surface area contributed by atoms with E-state index in [2.05, 4.69) is 4.98 Å². The molecule has 0 fully saturated rings. The largest absolute Gasteiger partial charge is 0.397 e. The fourth-order valence-corrected chi connectivity index (χ4v) is 3.47. The Morgan fingerprint density at radius 1 is 1.20 bits per heavy atom. The summed E-state index contributed by atoms with van der Waals surface area (Å²) in [6, 6.07) is 7.65. The lowest BCUT2D eigenvalue weighted by molar-refractivity contribution is -0.113. The average molecular weight is 295 g/mol. The van der Waals surface area contributed by atoms with E-state index in [1.165, 1.54) is 0 Å². The van der Waals surface area contributed by atoms with Crippen molar-refractivity contribution >= 4 is 24.0 Å². The molecule has 0 radical (unpaired) electrons. The number of hydrogen-bond donors (Lipinski definition) is 1. The van der Waals surface area contributed by atoms with Crippen molar-refractivity contribution in [1.29, 1.82) is 0 Å². The molecule has 1 aromatic carbocycles. The number of aromatic amines is 1. The van der Waals surface area contributed by atoms with Crippen molar-refractivity contribution < 1.29 is 18.4 Å². The molecule has 5 nitrogen and oxygen atoms in total. The van der Waals surface area contributed by atoms with Gasteiger partial charge >= 0.3 is 7.60 Å². The number of carbonyl (C=O) groups is 1. The van der Waals surface area contributed by atoms with Crippen molar-refractivity contribution in [2.24, 2.45) is 0 Å². The van der Waals surface area contributed by atoms with Crippen molar-refractivity contribution in [2.75, 3.05) is 13.2 Å². The molecule has 0 unspecified atom stereocenters. The van der Waals surface area contributed by atoms with Crippen LogP contribution in [0.4, 0.5) is 0 Å². The molecular formula is C14H18NO4P. The molecule has 2 rings (SSSR count). The zero-order chi connectivity index (χ0) is 14.6. The lowest BCUT2D eigenvalue weighted by atomic mass is 10.1. The molecular weight excluding hydrogens is 277 g/mol. The standard InChI is InChI=1S/C14H18NO4P/c1-3-18-20(17,19-4-2)14(16)9-11-10-15-13-8-6-5-7-12(11)13/h5-8,10,15H,3-4,9H2,1-2H3. The number of nitrogens with one attached hydrogen (secondary N) is 1. The minimum Gasteiger partial charge on any atom is -0.361 e. The van der Waals surface area contributed by atoms with Crippen LogP contribution in [-0.2, 0) is 24.8 Å². The van der Waals surface area contributed by atoms with Gasteiger partial charge in [-0.2, -0.15) is 0 Å². The molecule has 1 N–H and O–H groups in total. The van der Waals surface area contributed by atoms with Crippen LogP contribution < -0.4 is 0 Å². The van der Waals surface area contributed by atoms with Crippen LogP contribution in [-0.4, -0.2) is 23.7 Å². The summed E-state index contributed by atoms with van der Waals surface area (Å²) >= 11 is 0. The Balaban J connectivity index is 2.24. The van der Waals surface area contributed by atoms with Crippen molar-refractivity contribution in [3.8, 4) is 0 Å². The van der Waals surface area contributed by atoms with Crippen molar-refractivity contribution in [3.05, 3.63) is 36.0 Å². The van der Waals surface area contributed by atoms with Gasteiger partial charge in [0.2, 0.25) is 5.52 Å². The number of rotatable bonds is 7. The van der Waals surface area contributed by atoms with Crippen LogP contribution in [0.25, 0.3) is 10.9 Å². The fraction of sp³-hybridized carbons (Fsp3) is 0.357.